The lowest BCUT2D eigenvalue weighted by Crippen LogP contribution is -2.15. The van der Waals surface area contributed by atoms with E-state index < -0.39 is 10.0 Å². The molecule has 0 heterocycles. The molecule has 0 atom stereocenters. The van der Waals surface area contributed by atoms with Crippen LogP contribution in [0.1, 0.15) is 22.3 Å². The molecular formula is C16H19NO2S. The van der Waals surface area contributed by atoms with Crippen molar-refractivity contribution >= 4 is 15.7 Å². The molecule has 0 saturated carbocycles. The molecule has 0 bridgehead atoms. The van der Waals surface area contributed by atoms with Gasteiger partial charge in [0.15, 0.2) is 0 Å². The molecule has 0 fully saturated rings. The van der Waals surface area contributed by atoms with E-state index in [1.54, 1.807) is 12.1 Å². The second kappa shape index (κ2) is 5.29. The van der Waals surface area contributed by atoms with Crippen molar-refractivity contribution in [2.45, 2.75) is 32.6 Å². The van der Waals surface area contributed by atoms with Crippen LogP contribution in [0.25, 0.3) is 0 Å². The van der Waals surface area contributed by atoms with Crippen LogP contribution in [0.5, 0.6) is 0 Å². The van der Waals surface area contributed by atoms with Gasteiger partial charge in [0.1, 0.15) is 0 Å². The van der Waals surface area contributed by atoms with E-state index in [1.165, 1.54) is 0 Å². The summed E-state index contributed by atoms with van der Waals surface area (Å²) in [6.07, 6.45) is 0. The Balaban J connectivity index is 2.47. The highest BCUT2D eigenvalue weighted by Crippen LogP contribution is 2.24. The van der Waals surface area contributed by atoms with Gasteiger partial charge >= 0.3 is 0 Å². The number of sulfonamides is 1. The van der Waals surface area contributed by atoms with Crippen molar-refractivity contribution < 1.29 is 8.42 Å². The normalized spacial score (nSPS) is 11.4. The first kappa shape index (κ1) is 14.6. The maximum absolute atomic E-state index is 12.5. The van der Waals surface area contributed by atoms with E-state index in [4.69, 9.17) is 0 Å². The molecule has 1 N–H and O–H groups in total. The molecular weight excluding hydrogens is 270 g/mol. The molecule has 0 saturated heterocycles. The van der Waals surface area contributed by atoms with Crippen LogP contribution in [0.3, 0.4) is 0 Å². The highest BCUT2D eigenvalue weighted by molar-refractivity contribution is 7.92. The van der Waals surface area contributed by atoms with Crippen LogP contribution in [0.15, 0.2) is 41.3 Å². The van der Waals surface area contributed by atoms with Crippen molar-refractivity contribution in [3.8, 4) is 0 Å². The van der Waals surface area contributed by atoms with Crippen LogP contribution in [-0.2, 0) is 10.0 Å². The molecule has 20 heavy (non-hydrogen) atoms. The molecule has 4 heteroatoms. The molecule has 0 spiro atoms. The number of aryl methyl sites for hydroxylation is 4. The number of para-hydroxylation sites is 1. The Labute approximate surface area is 120 Å². The highest BCUT2D eigenvalue weighted by atomic mass is 32.2. The molecule has 2 aromatic carbocycles. The zero-order valence-electron chi connectivity index (χ0n) is 12.2. The van der Waals surface area contributed by atoms with Gasteiger partial charge in [0.05, 0.1) is 10.6 Å². The minimum atomic E-state index is -3.56. The first-order chi connectivity index (χ1) is 9.31. The van der Waals surface area contributed by atoms with Crippen molar-refractivity contribution in [1.29, 1.82) is 0 Å². The summed E-state index contributed by atoms with van der Waals surface area (Å²) in [6.45, 7) is 7.60. The third-order valence-corrected chi connectivity index (χ3v) is 4.98. The van der Waals surface area contributed by atoms with E-state index in [0.717, 1.165) is 22.3 Å². The van der Waals surface area contributed by atoms with Gasteiger partial charge in [-0.15, -0.1) is 0 Å². The van der Waals surface area contributed by atoms with E-state index in [2.05, 4.69) is 4.72 Å². The third-order valence-electron chi connectivity index (χ3n) is 3.47. The highest BCUT2D eigenvalue weighted by Gasteiger charge is 2.18. The lowest BCUT2D eigenvalue weighted by molar-refractivity contribution is 0.600. The molecule has 3 nitrogen and oxygen atoms in total. The second-order valence-electron chi connectivity index (χ2n) is 5.12. The van der Waals surface area contributed by atoms with Gasteiger partial charge in [0.2, 0.25) is 0 Å². The van der Waals surface area contributed by atoms with Crippen molar-refractivity contribution in [2.75, 3.05) is 4.72 Å². The van der Waals surface area contributed by atoms with E-state index >= 15 is 0 Å². The van der Waals surface area contributed by atoms with Gasteiger partial charge in [-0.3, -0.25) is 4.72 Å². The number of nitrogens with one attached hydrogen (secondary N) is 1. The van der Waals surface area contributed by atoms with Crippen molar-refractivity contribution in [3.63, 3.8) is 0 Å². The maximum atomic E-state index is 12.5. The van der Waals surface area contributed by atoms with E-state index in [0.29, 0.717) is 10.6 Å². The van der Waals surface area contributed by atoms with Crippen molar-refractivity contribution in [2.24, 2.45) is 0 Å². The predicted octanol–water partition coefficient (Wildman–Crippen LogP) is 3.72. The first-order valence-corrected chi connectivity index (χ1v) is 7.96. The summed E-state index contributed by atoms with van der Waals surface area (Å²) >= 11 is 0. The molecule has 0 radical (unpaired) electrons. The van der Waals surface area contributed by atoms with Gasteiger partial charge in [0.25, 0.3) is 10.0 Å². The van der Waals surface area contributed by atoms with Crippen LogP contribution < -0.4 is 4.72 Å². The fraction of sp³-hybridized carbons (Fsp3) is 0.250. The average molecular weight is 289 g/mol. The fourth-order valence-corrected chi connectivity index (χ4v) is 3.55. The minimum absolute atomic E-state index is 0.337. The molecule has 0 unspecified atom stereocenters. The molecule has 2 rings (SSSR count). The Hall–Kier alpha value is -1.81. The number of hydrogen-bond donors (Lipinski definition) is 1. The Morgan fingerprint density at radius 1 is 0.800 bits per heavy atom. The molecule has 0 amide bonds. The summed E-state index contributed by atoms with van der Waals surface area (Å²) in [5.74, 6) is 0. The Morgan fingerprint density at radius 3 is 2.05 bits per heavy atom. The minimum Gasteiger partial charge on any atom is -0.279 e. The summed E-state index contributed by atoms with van der Waals surface area (Å²) in [5, 5.41) is 0. The third kappa shape index (κ3) is 2.85. The van der Waals surface area contributed by atoms with Gasteiger partial charge in [0, 0.05) is 0 Å². The summed E-state index contributed by atoms with van der Waals surface area (Å²) in [7, 11) is -3.56. The van der Waals surface area contributed by atoms with Crippen LogP contribution in [0.4, 0.5) is 5.69 Å². The smallest absolute Gasteiger partial charge is 0.262 e. The maximum Gasteiger partial charge on any atom is 0.262 e. The average Bonchev–Trinajstić information content (AvgIpc) is 2.36. The van der Waals surface area contributed by atoms with Crippen LogP contribution >= 0.6 is 0 Å². The van der Waals surface area contributed by atoms with Gasteiger partial charge < -0.3 is 0 Å². The van der Waals surface area contributed by atoms with Crippen molar-refractivity contribution in [1.82, 2.24) is 0 Å². The van der Waals surface area contributed by atoms with Gasteiger partial charge in [-0.25, -0.2) is 8.42 Å². The first-order valence-electron chi connectivity index (χ1n) is 6.47. The summed E-state index contributed by atoms with van der Waals surface area (Å²) in [5.41, 5.74) is 4.34. The van der Waals surface area contributed by atoms with Crippen LogP contribution in [0, 0.1) is 27.7 Å². The largest absolute Gasteiger partial charge is 0.279 e. The Morgan fingerprint density at radius 2 is 1.40 bits per heavy atom. The molecule has 0 aliphatic carbocycles. The van der Waals surface area contributed by atoms with Gasteiger partial charge in [-0.2, -0.15) is 0 Å². The SMILES string of the molecule is Cc1cc(C)c(S(=O)(=O)Nc2ccccc2C)cc1C. The topological polar surface area (TPSA) is 46.2 Å². The van der Waals surface area contributed by atoms with E-state index in [1.807, 2.05) is 52.0 Å². The summed E-state index contributed by atoms with van der Waals surface area (Å²) in [4.78, 5) is 0.337. The van der Waals surface area contributed by atoms with Gasteiger partial charge in [-0.05, 0) is 62.1 Å². The molecule has 0 aliphatic heterocycles. The lowest BCUT2D eigenvalue weighted by atomic mass is 10.1. The monoisotopic (exact) mass is 289 g/mol. The quantitative estimate of drug-likeness (QED) is 0.936. The van der Waals surface area contributed by atoms with Gasteiger partial charge in [-0.1, -0.05) is 24.3 Å². The number of hydrogen-bond acceptors (Lipinski definition) is 2. The van der Waals surface area contributed by atoms with Crippen LogP contribution in [0.2, 0.25) is 0 Å². The molecule has 0 aliphatic rings. The Bertz CT molecular complexity index is 749. The predicted molar refractivity (Wildman–Crippen MR) is 82.6 cm³/mol. The lowest BCUT2D eigenvalue weighted by Gasteiger charge is -2.14. The Kier molecular flexibility index (Phi) is 3.86. The summed E-state index contributed by atoms with van der Waals surface area (Å²) in [6, 6.07) is 11.0. The zero-order chi connectivity index (χ0) is 14.9. The molecule has 0 aromatic heterocycles. The standard InChI is InChI=1S/C16H19NO2S/c1-11-7-5-6-8-15(11)17-20(18,19)16-10-13(3)12(2)9-14(16)4/h5-10,17H,1-4H3. The van der Waals surface area contributed by atoms with E-state index in [9.17, 15) is 8.42 Å². The van der Waals surface area contributed by atoms with E-state index in [-0.39, 0.29) is 0 Å². The van der Waals surface area contributed by atoms with Crippen LogP contribution in [-0.4, -0.2) is 8.42 Å². The summed E-state index contributed by atoms with van der Waals surface area (Å²) < 4.78 is 27.7. The number of rotatable bonds is 3. The molecule has 106 valence electrons. The fourth-order valence-electron chi connectivity index (χ4n) is 2.11. The van der Waals surface area contributed by atoms with Crippen molar-refractivity contribution in [3.05, 3.63) is 58.7 Å². The zero-order valence-corrected chi connectivity index (χ0v) is 13.0. The number of benzene rings is 2. The number of anilines is 1. The molecule has 2 aromatic rings. The second-order valence-corrected chi connectivity index (χ2v) is 6.77.